The fourth-order valence-corrected chi connectivity index (χ4v) is 7.30. The summed E-state index contributed by atoms with van der Waals surface area (Å²) in [6.45, 7) is 7.78. The number of aliphatic hydroxyl groups is 1. The third-order valence-electron chi connectivity index (χ3n) is 8.31. The number of hydrogen-bond donors (Lipinski definition) is 3. The van der Waals surface area contributed by atoms with Crippen LogP contribution in [-0.4, -0.2) is 34.5 Å². The topological polar surface area (TPSA) is 78.4 Å². The van der Waals surface area contributed by atoms with Crippen LogP contribution in [0.5, 0.6) is 0 Å². The lowest BCUT2D eigenvalue weighted by atomic mass is 9.61. The van der Waals surface area contributed by atoms with E-state index >= 15 is 4.39 Å². The Kier molecular flexibility index (Phi) is 6.70. The van der Waals surface area contributed by atoms with E-state index in [1.165, 1.54) is 18.2 Å². The lowest BCUT2D eigenvalue weighted by molar-refractivity contribution is -0.126. The van der Waals surface area contributed by atoms with Crippen LogP contribution in [0.2, 0.25) is 10.0 Å². The molecule has 2 aliphatic heterocycles. The number of carbonyl (C=O) groups excluding carboxylic acids is 2. The van der Waals surface area contributed by atoms with Gasteiger partial charge in [-0.25, -0.2) is 8.78 Å². The summed E-state index contributed by atoms with van der Waals surface area (Å²) in [5.74, 6) is -3.04. The standard InChI is InChI=1S/C29H32Cl2F2N2O3/c1-27(2,3)13-22-29(16-9-19(32)18(31)10-20(16)34-26(29)37)23(15-6-5-7-17(30)24(15)33)25(35-22)21(36)8-14-11-28(4,38)12-14/h5-7,9-10,14,22-23,25,35,38H,8,11-13H2,1-4H3,(H,34,37)/t14?,22-,23+,25+,28?,29+/m1/s1. The number of nitrogens with one attached hydrogen (secondary N) is 2. The van der Waals surface area contributed by atoms with Crippen molar-refractivity contribution >= 4 is 40.6 Å². The van der Waals surface area contributed by atoms with Gasteiger partial charge in [0.15, 0.2) is 5.78 Å². The summed E-state index contributed by atoms with van der Waals surface area (Å²) in [7, 11) is 0. The molecule has 3 aliphatic rings. The largest absolute Gasteiger partial charge is 0.390 e. The Morgan fingerprint density at radius 3 is 2.47 bits per heavy atom. The number of rotatable bonds is 5. The zero-order valence-corrected chi connectivity index (χ0v) is 23.3. The molecule has 2 aromatic rings. The van der Waals surface area contributed by atoms with Crippen LogP contribution in [0.4, 0.5) is 14.5 Å². The molecule has 0 bridgehead atoms. The van der Waals surface area contributed by atoms with Crippen molar-refractivity contribution in [3.05, 3.63) is 63.1 Å². The van der Waals surface area contributed by atoms with Crippen LogP contribution in [0, 0.1) is 23.0 Å². The molecular weight excluding hydrogens is 533 g/mol. The molecule has 1 amide bonds. The Bertz CT molecular complexity index is 1320. The Hall–Kier alpha value is -2.06. The summed E-state index contributed by atoms with van der Waals surface area (Å²) in [5, 5.41) is 16.2. The Morgan fingerprint density at radius 1 is 1.16 bits per heavy atom. The van der Waals surface area contributed by atoms with Crippen molar-refractivity contribution in [2.24, 2.45) is 11.3 Å². The first-order valence-electron chi connectivity index (χ1n) is 12.9. The average molecular weight is 565 g/mol. The summed E-state index contributed by atoms with van der Waals surface area (Å²) in [6.07, 6.45) is 1.61. The fourth-order valence-electron chi connectivity index (χ4n) is 6.96. The monoisotopic (exact) mass is 564 g/mol. The van der Waals surface area contributed by atoms with Crippen LogP contribution in [0.3, 0.4) is 0 Å². The zero-order valence-electron chi connectivity index (χ0n) is 21.8. The third-order valence-corrected chi connectivity index (χ3v) is 8.89. The first-order valence-corrected chi connectivity index (χ1v) is 13.7. The molecule has 9 heteroatoms. The molecule has 1 saturated heterocycles. The van der Waals surface area contributed by atoms with Crippen LogP contribution in [0.15, 0.2) is 30.3 Å². The highest BCUT2D eigenvalue weighted by atomic mass is 35.5. The molecular formula is C29H32Cl2F2N2O3. The first-order chi connectivity index (χ1) is 17.6. The Morgan fingerprint density at radius 2 is 1.84 bits per heavy atom. The quantitative estimate of drug-likeness (QED) is 0.407. The van der Waals surface area contributed by atoms with Crippen molar-refractivity contribution in [2.75, 3.05) is 5.32 Å². The Balaban J connectivity index is 1.71. The molecule has 0 radical (unpaired) electrons. The second-order valence-corrected chi connectivity index (χ2v) is 13.5. The van der Waals surface area contributed by atoms with Crippen LogP contribution < -0.4 is 10.6 Å². The highest BCUT2D eigenvalue weighted by Crippen LogP contribution is 2.58. The number of carbonyl (C=O) groups is 2. The maximum atomic E-state index is 15.7. The molecule has 0 aromatic heterocycles. The second kappa shape index (κ2) is 9.26. The molecule has 1 aliphatic carbocycles. The van der Waals surface area contributed by atoms with E-state index < -0.39 is 46.6 Å². The molecule has 5 rings (SSSR count). The molecule has 2 aromatic carbocycles. The van der Waals surface area contributed by atoms with E-state index in [4.69, 9.17) is 23.2 Å². The summed E-state index contributed by atoms with van der Waals surface area (Å²) in [4.78, 5) is 28.0. The summed E-state index contributed by atoms with van der Waals surface area (Å²) in [6, 6.07) is 5.59. The molecule has 0 unspecified atom stereocenters. The van der Waals surface area contributed by atoms with E-state index in [0.29, 0.717) is 30.5 Å². The second-order valence-electron chi connectivity index (χ2n) is 12.7. The molecule has 1 saturated carbocycles. The van der Waals surface area contributed by atoms with Gasteiger partial charge in [-0.2, -0.15) is 0 Å². The van der Waals surface area contributed by atoms with Gasteiger partial charge in [-0.15, -0.1) is 0 Å². The van der Waals surface area contributed by atoms with Gasteiger partial charge in [-0.1, -0.05) is 56.1 Å². The summed E-state index contributed by atoms with van der Waals surface area (Å²) < 4.78 is 30.7. The van der Waals surface area contributed by atoms with Crippen molar-refractivity contribution in [1.82, 2.24) is 5.32 Å². The van der Waals surface area contributed by atoms with Gasteiger partial charge in [0.05, 0.1) is 21.7 Å². The van der Waals surface area contributed by atoms with Gasteiger partial charge in [0, 0.05) is 24.1 Å². The number of Topliss-reactive ketones (excluding diaryl/α,β-unsaturated/α-hetero) is 1. The zero-order chi connectivity index (χ0) is 27.8. The third kappa shape index (κ3) is 4.45. The minimum absolute atomic E-state index is 0.0114. The molecule has 38 heavy (non-hydrogen) atoms. The van der Waals surface area contributed by atoms with Crippen LogP contribution in [0.25, 0.3) is 0 Å². The van der Waals surface area contributed by atoms with E-state index in [-0.39, 0.29) is 39.1 Å². The molecule has 4 atom stereocenters. The lowest BCUT2D eigenvalue weighted by Crippen LogP contribution is -2.49. The minimum Gasteiger partial charge on any atom is -0.390 e. The van der Waals surface area contributed by atoms with Crippen molar-refractivity contribution in [1.29, 1.82) is 0 Å². The maximum Gasteiger partial charge on any atom is 0.237 e. The fraction of sp³-hybridized carbons (Fsp3) is 0.517. The van der Waals surface area contributed by atoms with Gasteiger partial charge in [-0.3, -0.25) is 9.59 Å². The van der Waals surface area contributed by atoms with Crippen molar-refractivity contribution in [3.8, 4) is 0 Å². The number of amides is 1. The predicted molar refractivity (Wildman–Crippen MR) is 144 cm³/mol. The average Bonchev–Trinajstić information content (AvgIpc) is 3.24. The van der Waals surface area contributed by atoms with Gasteiger partial charge in [0.25, 0.3) is 0 Å². The van der Waals surface area contributed by atoms with Crippen molar-refractivity contribution in [3.63, 3.8) is 0 Å². The molecule has 3 N–H and O–H groups in total. The number of ketones is 1. The van der Waals surface area contributed by atoms with E-state index in [9.17, 15) is 19.1 Å². The van der Waals surface area contributed by atoms with Gasteiger partial charge >= 0.3 is 0 Å². The highest BCUT2D eigenvalue weighted by Gasteiger charge is 2.66. The van der Waals surface area contributed by atoms with Crippen molar-refractivity contribution < 1.29 is 23.5 Å². The summed E-state index contributed by atoms with van der Waals surface area (Å²) >= 11 is 12.3. The van der Waals surface area contributed by atoms with Crippen molar-refractivity contribution in [2.45, 2.75) is 82.4 Å². The molecule has 204 valence electrons. The number of hydrogen-bond acceptors (Lipinski definition) is 4. The molecule has 5 nitrogen and oxygen atoms in total. The van der Waals surface area contributed by atoms with Gasteiger partial charge in [0.1, 0.15) is 17.0 Å². The normalized spacial score (nSPS) is 32.3. The summed E-state index contributed by atoms with van der Waals surface area (Å²) in [5.41, 5.74) is -1.77. The number of benzene rings is 2. The van der Waals surface area contributed by atoms with Gasteiger partial charge in [0.2, 0.25) is 5.91 Å². The Labute approximate surface area is 231 Å². The maximum absolute atomic E-state index is 15.7. The molecule has 2 fully saturated rings. The van der Waals surface area contributed by atoms with Crippen LogP contribution in [-0.2, 0) is 15.0 Å². The van der Waals surface area contributed by atoms with Crippen LogP contribution >= 0.6 is 23.2 Å². The SMILES string of the molecule is CC(C)(C)C[C@H]1N[C@@H](C(=O)CC2CC(C)(O)C2)[C@H](c2cccc(Cl)c2F)[C@@]12C(=O)Nc1cc(Cl)c(F)cc12. The van der Waals surface area contributed by atoms with E-state index in [1.807, 2.05) is 20.8 Å². The first kappa shape index (κ1) is 27.5. The number of anilines is 1. The predicted octanol–water partition coefficient (Wildman–Crippen LogP) is 6.14. The highest BCUT2D eigenvalue weighted by molar-refractivity contribution is 6.31. The molecule has 2 heterocycles. The van der Waals surface area contributed by atoms with E-state index in [2.05, 4.69) is 10.6 Å². The smallest absolute Gasteiger partial charge is 0.237 e. The minimum atomic E-state index is -1.50. The van der Waals surface area contributed by atoms with E-state index in [1.54, 1.807) is 19.1 Å². The number of fused-ring (bicyclic) bond motifs is 2. The van der Waals surface area contributed by atoms with E-state index in [0.717, 1.165) is 0 Å². The van der Waals surface area contributed by atoms with Gasteiger partial charge < -0.3 is 15.7 Å². The number of halogens is 4. The lowest BCUT2D eigenvalue weighted by Gasteiger charge is -2.41. The molecule has 1 spiro atoms. The van der Waals surface area contributed by atoms with Gasteiger partial charge in [-0.05, 0) is 66.8 Å². The van der Waals surface area contributed by atoms with Crippen LogP contribution in [0.1, 0.15) is 70.4 Å².